The van der Waals surface area contributed by atoms with Gasteiger partial charge >= 0.3 is 12.4 Å². The summed E-state index contributed by atoms with van der Waals surface area (Å²) in [6, 6.07) is 4.15. The highest BCUT2D eigenvalue weighted by Gasteiger charge is 2.36. The Morgan fingerprint density at radius 1 is 0.829 bits per heavy atom. The average molecular weight is 494 g/mol. The lowest BCUT2D eigenvalue weighted by Gasteiger charge is -2.15. The van der Waals surface area contributed by atoms with Crippen LogP contribution >= 0.6 is 0 Å². The molecule has 35 heavy (non-hydrogen) atoms. The molecule has 0 saturated carbocycles. The van der Waals surface area contributed by atoms with Crippen molar-refractivity contribution in [2.45, 2.75) is 32.2 Å². The van der Waals surface area contributed by atoms with E-state index >= 15 is 0 Å². The van der Waals surface area contributed by atoms with Gasteiger partial charge in [-0.25, -0.2) is 19.9 Å². The quantitative estimate of drug-likeness (QED) is 0.352. The van der Waals surface area contributed by atoms with Crippen molar-refractivity contribution >= 4 is 28.5 Å². The molecule has 4 heterocycles. The number of hydrogen-bond donors (Lipinski definition) is 2. The third-order valence-electron chi connectivity index (χ3n) is 4.58. The van der Waals surface area contributed by atoms with Gasteiger partial charge < -0.3 is 10.6 Å². The zero-order valence-electron chi connectivity index (χ0n) is 18.1. The fourth-order valence-electron chi connectivity index (χ4n) is 3.07. The summed E-state index contributed by atoms with van der Waals surface area (Å²) >= 11 is 0. The van der Waals surface area contributed by atoms with Crippen LogP contribution in [-0.4, -0.2) is 36.2 Å². The molecule has 4 aromatic rings. The number of pyridine rings is 2. The molecule has 2 N–H and O–H groups in total. The molecule has 0 saturated heterocycles. The highest BCUT2D eigenvalue weighted by Crippen LogP contribution is 2.36. The minimum atomic E-state index is -4.74. The fourth-order valence-corrected chi connectivity index (χ4v) is 3.07. The average Bonchev–Trinajstić information content (AvgIpc) is 2.78. The Bertz CT molecular complexity index is 1350. The molecule has 0 amide bonds. The van der Waals surface area contributed by atoms with Crippen molar-refractivity contribution in [2.75, 3.05) is 10.6 Å². The van der Waals surface area contributed by atoms with Crippen molar-refractivity contribution in [1.82, 2.24) is 30.1 Å². The van der Waals surface area contributed by atoms with Crippen LogP contribution in [0.1, 0.15) is 25.0 Å². The lowest BCUT2D eigenvalue weighted by atomic mass is 10.1. The molecule has 0 aliphatic rings. The number of fused-ring (bicyclic) bond motifs is 1. The minimum absolute atomic E-state index is 0.0151. The molecule has 4 rings (SSSR count). The van der Waals surface area contributed by atoms with Crippen molar-refractivity contribution < 1.29 is 26.3 Å². The number of nitrogens with zero attached hydrogens (tertiary/aromatic N) is 6. The Morgan fingerprint density at radius 2 is 1.60 bits per heavy atom. The molecule has 4 aromatic heterocycles. The monoisotopic (exact) mass is 494 g/mol. The topological polar surface area (TPSA) is 101 Å². The number of nitrogens with one attached hydrogen (secondary N) is 2. The van der Waals surface area contributed by atoms with Crippen LogP contribution in [-0.2, 0) is 12.4 Å². The Labute approximate surface area is 193 Å². The van der Waals surface area contributed by atoms with Gasteiger partial charge in [-0.15, -0.1) is 10.2 Å². The van der Waals surface area contributed by atoms with E-state index in [0.29, 0.717) is 11.9 Å². The number of halogens is 6. The molecule has 0 aliphatic carbocycles. The first-order valence-corrected chi connectivity index (χ1v) is 10.1. The summed E-state index contributed by atoms with van der Waals surface area (Å²) in [5.74, 6) is 0.0494. The summed E-state index contributed by atoms with van der Waals surface area (Å²) in [6.07, 6.45) is -6.19. The van der Waals surface area contributed by atoms with Gasteiger partial charge in [-0.2, -0.15) is 26.3 Å². The van der Waals surface area contributed by atoms with Gasteiger partial charge in [-0.05, 0) is 38.1 Å². The molecule has 14 heteroatoms. The second kappa shape index (κ2) is 8.92. The molecule has 0 atom stereocenters. The molecule has 0 fully saturated rings. The number of alkyl halides is 6. The molecule has 0 aromatic carbocycles. The van der Waals surface area contributed by atoms with E-state index in [0.717, 1.165) is 24.4 Å². The summed E-state index contributed by atoms with van der Waals surface area (Å²) in [5.41, 5.74) is -2.25. The van der Waals surface area contributed by atoms with E-state index in [2.05, 4.69) is 40.8 Å². The summed E-state index contributed by atoms with van der Waals surface area (Å²) in [7, 11) is 0. The van der Waals surface area contributed by atoms with Crippen LogP contribution in [0, 0.1) is 0 Å². The Kier molecular flexibility index (Phi) is 6.13. The van der Waals surface area contributed by atoms with Gasteiger partial charge in [0.2, 0.25) is 0 Å². The van der Waals surface area contributed by atoms with Crippen molar-refractivity contribution in [3.8, 4) is 11.4 Å². The summed E-state index contributed by atoms with van der Waals surface area (Å²) in [6.45, 7) is 3.49. The zero-order chi connectivity index (χ0) is 25.4. The van der Waals surface area contributed by atoms with E-state index < -0.39 is 29.2 Å². The first-order chi connectivity index (χ1) is 16.4. The molecule has 8 nitrogen and oxygen atoms in total. The molecular formula is C21H16F6N8. The van der Waals surface area contributed by atoms with Gasteiger partial charge in [0, 0.05) is 18.4 Å². The predicted octanol–water partition coefficient (Wildman–Crippen LogP) is 5.48. The van der Waals surface area contributed by atoms with E-state index in [1.165, 1.54) is 12.3 Å². The highest BCUT2D eigenvalue weighted by atomic mass is 19.4. The number of aromatic nitrogens is 6. The van der Waals surface area contributed by atoms with Crippen LogP contribution in [0.2, 0.25) is 0 Å². The molecule has 0 unspecified atom stereocenters. The fraction of sp³-hybridized carbons (Fsp3) is 0.238. The first-order valence-electron chi connectivity index (χ1n) is 10.1. The highest BCUT2D eigenvalue weighted by molar-refractivity contribution is 5.87. The van der Waals surface area contributed by atoms with Crippen molar-refractivity contribution in [3.05, 3.63) is 54.0 Å². The van der Waals surface area contributed by atoms with Crippen LogP contribution in [0.3, 0.4) is 0 Å². The van der Waals surface area contributed by atoms with Gasteiger partial charge in [0.25, 0.3) is 0 Å². The standard InChI is InChI=1S/C21H16F6N8/c1-10(2)31-16-7-12(21(25,26)27)17(35-34-16)14-9-30-18-13(5-6-28-19(18)33-14)32-15-4-3-11(8-29-15)20(22,23)24/h3-10H,1-2H3,(H,31,34)(H,28,29,32,33). The Balaban J connectivity index is 1.70. The van der Waals surface area contributed by atoms with E-state index in [-0.39, 0.29) is 34.5 Å². The van der Waals surface area contributed by atoms with Crippen LogP contribution < -0.4 is 10.6 Å². The van der Waals surface area contributed by atoms with E-state index in [4.69, 9.17) is 0 Å². The normalized spacial score (nSPS) is 12.3. The van der Waals surface area contributed by atoms with Crippen LogP contribution in [0.15, 0.2) is 42.9 Å². The predicted molar refractivity (Wildman–Crippen MR) is 115 cm³/mol. The van der Waals surface area contributed by atoms with E-state index in [9.17, 15) is 26.3 Å². The van der Waals surface area contributed by atoms with Crippen LogP contribution in [0.5, 0.6) is 0 Å². The molecule has 0 spiro atoms. The van der Waals surface area contributed by atoms with Crippen LogP contribution in [0.25, 0.3) is 22.6 Å². The van der Waals surface area contributed by atoms with E-state index in [1.807, 2.05) is 0 Å². The number of anilines is 3. The minimum Gasteiger partial charge on any atom is -0.366 e. The van der Waals surface area contributed by atoms with Crippen molar-refractivity contribution in [2.24, 2.45) is 0 Å². The van der Waals surface area contributed by atoms with Gasteiger partial charge in [-0.3, -0.25) is 0 Å². The Hall–Kier alpha value is -4.10. The summed E-state index contributed by atoms with van der Waals surface area (Å²) in [5, 5.41) is 13.1. The van der Waals surface area contributed by atoms with Crippen molar-refractivity contribution in [3.63, 3.8) is 0 Å². The van der Waals surface area contributed by atoms with Crippen molar-refractivity contribution in [1.29, 1.82) is 0 Å². The third-order valence-corrected chi connectivity index (χ3v) is 4.58. The lowest BCUT2D eigenvalue weighted by molar-refractivity contribution is -0.138. The maximum absolute atomic E-state index is 13.7. The van der Waals surface area contributed by atoms with Gasteiger partial charge in [0.1, 0.15) is 28.5 Å². The van der Waals surface area contributed by atoms with Crippen LogP contribution in [0.4, 0.5) is 43.7 Å². The lowest BCUT2D eigenvalue weighted by Crippen LogP contribution is -2.16. The molecule has 182 valence electrons. The summed E-state index contributed by atoms with van der Waals surface area (Å²) < 4.78 is 79.4. The SMILES string of the molecule is CC(C)Nc1cc(C(F)(F)F)c(-c2cnc3c(Nc4ccc(C(F)(F)F)cn4)ccnc3n2)nn1. The molecular weight excluding hydrogens is 478 g/mol. The molecule has 0 bridgehead atoms. The number of hydrogen-bond acceptors (Lipinski definition) is 8. The smallest absolute Gasteiger partial charge is 0.366 e. The molecule has 0 aliphatic heterocycles. The third kappa shape index (κ3) is 5.36. The largest absolute Gasteiger partial charge is 0.418 e. The second-order valence-corrected chi connectivity index (χ2v) is 7.63. The first kappa shape index (κ1) is 24.0. The Morgan fingerprint density at radius 3 is 2.23 bits per heavy atom. The van der Waals surface area contributed by atoms with Gasteiger partial charge in [-0.1, -0.05) is 0 Å². The maximum Gasteiger partial charge on any atom is 0.418 e. The van der Waals surface area contributed by atoms with Gasteiger partial charge in [0.15, 0.2) is 5.65 Å². The number of rotatable bonds is 5. The summed E-state index contributed by atoms with van der Waals surface area (Å²) in [4.78, 5) is 16.1. The van der Waals surface area contributed by atoms with E-state index in [1.54, 1.807) is 13.8 Å². The maximum atomic E-state index is 13.7. The molecule has 0 radical (unpaired) electrons. The zero-order valence-corrected chi connectivity index (χ0v) is 18.1. The second-order valence-electron chi connectivity index (χ2n) is 7.63. The van der Waals surface area contributed by atoms with Gasteiger partial charge in [0.05, 0.1) is 23.0 Å².